The highest BCUT2D eigenvalue weighted by Gasteiger charge is 2.17. The lowest BCUT2D eigenvalue weighted by atomic mass is 10.1. The van der Waals surface area contributed by atoms with Crippen molar-refractivity contribution in [1.29, 1.82) is 0 Å². The summed E-state index contributed by atoms with van der Waals surface area (Å²) in [5.74, 6) is 0. The van der Waals surface area contributed by atoms with E-state index >= 15 is 0 Å². The maximum atomic E-state index is 4.44. The maximum absolute atomic E-state index is 4.44. The molecule has 3 heterocycles. The van der Waals surface area contributed by atoms with Gasteiger partial charge in [-0.25, -0.2) is 4.98 Å². The fraction of sp³-hybridized carbons (Fsp3) is 0.500. The Kier molecular flexibility index (Phi) is 4.15. The predicted molar refractivity (Wildman–Crippen MR) is 83.0 cm³/mol. The van der Waals surface area contributed by atoms with Crippen molar-refractivity contribution in [2.45, 2.75) is 32.9 Å². The van der Waals surface area contributed by atoms with E-state index < -0.39 is 0 Å². The minimum Gasteiger partial charge on any atom is -0.362 e. The zero-order chi connectivity index (χ0) is 13.1. The lowest BCUT2D eigenvalue weighted by molar-refractivity contribution is 0.249. The van der Waals surface area contributed by atoms with Gasteiger partial charge in [-0.2, -0.15) is 0 Å². The van der Waals surface area contributed by atoms with E-state index in [2.05, 4.69) is 33.6 Å². The molecule has 5 heteroatoms. The first kappa shape index (κ1) is 13.1. The van der Waals surface area contributed by atoms with Crippen LogP contribution in [0.3, 0.4) is 0 Å². The highest BCUT2D eigenvalue weighted by atomic mass is 32.1. The third-order valence-electron chi connectivity index (χ3n) is 3.35. The molecule has 1 N–H and O–H groups in total. The van der Waals surface area contributed by atoms with E-state index in [4.69, 9.17) is 0 Å². The topological polar surface area (TPSA) is 28.2 Å². The Morgan fingerprint density at radius 2 is 2.42 bits per heavy atom. The largest absolute Gasteiger partial charge is 0.362 e. The second kappa shape index (κ2) is 6.03. The summed E-state index contributed by atoms with van der Waals surface area (Å²) >= 11 is 3.69. The molecule has 0 radical (unpaired) electrons. The molecule has 0 aromatic carbocycles. The molecule has 0 saturated carbocycles. The van der Waals surface area contributed by atoms with Crippen LogP contribution in [0.25, 0.3) is 0 Å². The van der Waals surface area contributed by atoms with Crippen molar-refractivity contribution in [2.75, 3.05) is 18.4 Å². The second-order valence-corrected chi connectivity index (χ2v) is 7.00. The van der Waals surface area contributed by atoms with Crippen LogP contribution < -0.4 is 5.32 Å². The highest BCUT2D eigenvalue weighted by molar-refractivity contribution is 7.15. The molecule has 2 aromatic rings. The SMILES string of the molecule is CCCNc1ncc(CN2CCc3sccc3C2)s1. The normalized spacial score (nSPS) is 15.4. The van der Waals surface area contributed by atoms with Gasteiger partial charge in [0.25, 0.3) is 0 Å². The van der Waals surface area contributed by atoms with Crippen LogP contribution in [0.4, 0.5) is 5.13 Å². The second-order valence-electron chi connectivity index (χ2n) is 4.89. The molecule has 1 aliphatic rings. The van der Waals surface area contributed by atoms with Crippen molar-refractivity contribution < 1.29 is 0 Å². The zero-order valence-corrected chi connectivity index (χ0v) is 12.8. The Balaban J connectivity index is 1.58. The highest BCUT2D eigenvalue weighted by Crippen LogP contribution is 2.26. The lowest BCUT2D eigenvalue weighted by Crippen LogP contribution is -2.28. The first-order chi connectivity index (χ1) is 9.35. The molecule has 0 unspecified atom stereocenters. The zero-order valence-electron chi connectivity index (χ0n) is 11.2. The number of thiophene rings is 1. The summed E-state index contributed by atoms with van der Waals surface area (Å²) in [5, 5.41) is 6.63. The molecule has 2 aromatic heterocycles. The molecule has 0 bridgehead atoms. The third kappa shape index (κ3) is 3.16. The number of hydrogen-bond donors (Lipinski definition) is 1. The number of nitrogens with one attached hydrogen (secondary N) is 1. The Labute approximate surface area is 122 Å². The minimum absolute atomic E-state index is 1.01. The first-order valence-electron chi connectivity index (χ1n) is 6.81. The van der Waals surface area contributed by atoms with Gasteiger partial charge in [-0.05, 0) is 29.9 Å². The average Bonchev–Trinajstić information content (AvgIpc) is 3.05. The molecule has 0 fully saturated rings. The smallest absolute Gasteiger partial charge is 0.182 e. The summed E-state index contributed by atoms with van der Waals surface area (Å²) in [6.07, 6.45) is 4.36. The number of thiazole rings is 1. The first-order valence-corrected chi connectivity index (χ1v) is 8.51. The monoisotopic (exact) mass is 293 g/mol. The summed E-state index contributed by atoms with van der Waals surface area (Å²) in [4.78, 5) is 9.89. The Morgan fingerprint density at radius 3 is 3.32 bits per heavy atom. The van der Waals surface area contributed by atoms with Gasteiger partial charge in [0, 0.05) is 42.1 Å². The predicted octanol–water partition coefficient (Wildman–Crippen LogP) is 3.58. The molecular weight excluding hydrogens is 274 g/mol. The molecule has 3 nitrogen and oxygen atoms in total. The molecule has 0 atom stereocenters. The van der Waals surface area contributed by atoms with Crippen LogP contribution >= 0.6 is 22.7 Å². The van der Waals surface area contributed by atoms with Crippen LogP contribution in [0.1, 0.15) is 28.7 Å². The van der Waals surface area contributed by atoms with Crippen LogP contribution in [0, 0.1) is 0 Å². The van der Waals surface area contributed by atoms with Gasteiger partial charge in [0.2, 0.25) is 0 Å². The number of aromatic nitrogens is 1. The van der Waals surface area contributed by atoms with Crippen molar-refractivity contribution in [3.8, 4) is 0 Å². The Bertz CT molecular complexity index is 532. The summed E-state index contributed by atoms with van der Waals surface area (Å²) < 4.78 is 0. The van der Waals surface area contributed by atoms with E-state index in [1.54, 1.807) is 16.2 Å². The van der Waals surface area contributed by atoms with E-state index in [0.29, 0.717) is 0 Å². The molecule has 0 spiro atoms. The lowest BCUT2D eigenvalue weighted by Gasteiger charge is -2.25. The molecular formula is C14H19N3S2. The Hall–Kier alpha value is -0.910. The average molecular weight is 293 g/mol. The van der Waals surface area contributed by atoms with E-state index in [1.165, 1.54) is 23.4 Å². The Morgan fingerprint density at radius 1 is 1.47 bits per heavy atom. The van der Waals surface area contributed by atoms with Crippen molar-refractivity contribution in [3.05, 3.63) is 33.0 Å². The van der Waals surface area contributed by atoms with Crippen molar-refractivity contribution in [1.82, 2.24) is 9.88 Å². The number of rotatable bonds is 5. The third-order valence-corrected chi connectivity index (χ3v) is 5.31. The van der Waals surface area contributed by atoms with E-state index in [0.717, 1.165) is 31.2 Å². The van der Waals surface area contributed by atoms with Crippen LogP contribution in [0.2, 0.25) is 0 Å². The summed E-state index contributed by atoms with van der Waals surface area (Å²) in [6, 6.07) is 2.27. The van der Waals surface area contributed by atoms with Crippen LogP contribution in [0.15, 0.2) is 17.6 Å². The van der Waals surface area contributed by atoms with Crippen molar-refractivity contribution in [2.24, 2.45) is 0 Å². The molecule has 1 aliphatic heterocycles. The van der Waals surface area contributed by atoms with Crippen LogP contribution in [0.5, 0.6) is 0 Å². The van der Waals surface area contributed by atoms with Gasteiger partial charge < -0.3 is 5.32 Å². The van der Waals surface area contributed by atoms with Crippen molar-refractivity contribution >= 4 is 27.8 Å². The molecule has 3 rings (SSSR count). The van der Waals surface area contributed by atoms with Gasteiger partial charge in [0.1, 0.15) is 0 Å². The van der Waals surface area contributed by atoms with E-state index in [-0.39, 0.29) is 0 Å². The van der Waals surface area contributed by atoms with Gasteiger partial charge in [0.05, 0.1) is 0 Å². The van der Waals surface area contributed by atoms with E-state index in [9.17, 15) is 0 Å². The van der Waals surface area contributed by atoms with Gasteiger partial charge in [-0.3, -0.25) is 4.90 Å². The summed E-state index contributed by atoms with van der Waals surface area (Å²) in [5.41, 5.74) is 1.52. The molecule has 0 aliphatic carbocycles. The quantitative estimate of drug-likeness (QED) is 0.913. The molecule has 0 saturated heterocycles. The fourth-order valence-corrected chi connectivity index (χ4v) is 4.13. The van der Waals surface area contributed by atoms with Gasteiger partial charge in [0.15, 0.2) is 5.13 Å². The standard InChI is InChI=1S/C14H19N3S2/c1-2-5-15-14-16-8-12(19-14)10-17-6-3-13-11(9-17)4-7-18-13/h4,7-8H,2-3,5-6,9-10H2,1H3,(H,15,16). The maximum Gasteiger partial charge on any atom is 0.182 e. The van der Waals surface area contributed by atoms with Crippen molar-refractivity contribution in [3.63, 3.8) is 0 Å². The van der Waals surface area contributed by atoms with Crippen LogP contribution in [-0.4, -0.2) is 23.0 Å². The minimum atomic E-state index is 1.01. The van der Waals surface area contributed by atoms with Gasteiger partial charge in [-0.15, -0.1) is 22.7 Å². The number of fused-ring (bicyclic) bond motifs is 1. The van der Waals surface area contributed by atoms with E-state index in [1.807, 2.05) is 17.5 Å². The molecule has 0 amide bonds. The van der Waals surface area contributed by atoms with Crippen LogP contribution in [-0.2, 0) is 19.5 Å². The number of hydrogen-bond acceptors (Lipinski definition) is 5. The van der Waals surface area contributed by atoms with Gasteiger partial charge in [-0.1, -0.05) is 6.92 Å². The van der Waals surface area contributed by atoms with Gasteiger partial charge >= 0.3 is 0 Å². The summed E-state index contributed by atoms with van der Waals surface area (Å²) in [7, 11) is 0. The molecule has 19 heavy (non-hydrogen) atoms. The molecule has 102 valence electrons. The summed E-state index contributed by atoms with van der Waals surface area (Å²) in [6.45, 7) is 6.47. The number of nitrogens with zero attached hydrogens (tertiary/aromatic N) is 2. The number of anilines is 1. The fourth-order valence-electron chi connectivity index (χ4n) is 2.36.